The van der Waals surface area contributed by atoms with E-state index in [0.29, 0.717) is 11.4 Å². The number of nitrogens with two attached hydrogens (primary N) is 1. The van der Waals surface area contributed by atoms with Crippen LogP contribution in [0.3, 0.4) is 0 Å². The second-order valence-corrected chi connectivity index (χ2v) is 3.28. The van der Waals surface area contributed by atoms with E-state index in [9.17, 15) is 8.78 Å². The molecule has 4 heteroatoms. The molecule has 1 rings (SSSR count). The van der Waals surface area contributed by atoms with Gasteiger partial charge in [-0.2, -0.15) is 0 Å². The third-order valence-electron chi connectivity index (χ3n) is 2.06. The molecule has 78 valence electrons. The van der Waals surface area contributed by atoms with Crippen molar-refractivity contribution < 1.29 is 8.78 Å². The summed E-state index contributed by atoms with van der Waals surface area (Å²) in [7, 11) is 1.62. The lowest BCUT2D eigenvalue weighted by Crippen LogP contribution is -2.25. The second kappa shape index (κ2) is 4.26. The maximum Gasteiger partial charge on any atom is 0.255 e. The number of benzene rings is 1. The molecule has 0 radical (unpaired) electrons. The molecular weight excluding hydrogens is 186 g/mol. The number of aryl methyl sites for hydroxylation is 1. The Bertz CT molecular complexity index is 293. The third kappa shape index (κ3) is 2.34. The summed E-state index contributed by atoms with van der Waals surface area (Å²) >= 11 is 0. The Morgan fingerprint density at radius 3 is 2.57 bits per heavy atom. The highest BCUT2D eigenvalue weighted by Crippen LogP contribution is 2.26. The van der Waals surface area contributed by atoms with Gasteiger partial charge in [0.25, 0.3) is 6.43 Å². The second-order valence-electron chi connectivity index (χ2n) is 3.28. The van der Waals surface area contributed by atoms with Gasteiger partial charge in [-0.15, -0.1) is 0 Å². The number of hydrogen-bond acceptors (Lipinski definition) is 2. The van der Waals surface area contributed by atoms with E-state index in [4.69, 9.17) is 5.73 Å². The smallest absolute Gasteiger partial charge is 0.255 e. The fourth-order valence-corrected chi connectivity index (χ4v) is 1.50. The van der Waals surface area contributed by atoms with Gasteiger partial charge in [0.1, 0.15) is 0 Å². The molecule has 2 nitrogen and oxygen atoms in total. The summed E-state index contributed by atoms with van der Waals surface area (Å²) in [6.07, 6.45) is -2.35. The van der Waals surface area contributed by atoms with E-state index in [0.717, 1.165) is 5.56 Å². The Labute approximate surface area is 82.3 Å². The SMILES string of the molecule is Cc1cccc(N)c1N(C)CC(F)F. The molecule has 0 atom stereocenters. The van der Waals surface area contributed by atoms with E-state index in [1.165, 1.54) is 4.90 Å². The number of anilines is 2. The van der Waals surface area contributed by atoms with Crippen LogP contribution in [0.5, 0.6) is 0 Å². The maximum absolute atomic E-state index is 12.2. The van der Waals surface area contributed by atoms with Crippen molar-refractivity contribution in [1.82, 2.24) is 0 Å². The number of hydrogen-bond donors (Lipinski definition) is 1. The first-order valence-corrected chi connectivity index (χ1v) is 4.36. The molecule has 0 aliphatic heterocycles. The van der Waals surface area contributed by atoms with Crippen molar-refractivity contribution in [2.45, 2.75) is 13.3 Å². The molecular formula is C10H14F2N2. The highest BCUT2D eigenvalue weighted by molar-refractivity contribution is 5.71. The summed E-state index contributed by atoms with van der Waals surface area (Å²) in [4.78, 5) is 1.48. The molecule has 0 heterocycles. The molecule has 0 bridgehead atoms. The van der Waals surface area contributed by atoms with Gasteiger partial charge in [0, 0.05) is 7.05 Å². The summed E-state index contributed by atoms with van der Waals surface area (Å²) < 4.78 is 24.3. The van der Waals surface area contributed by atoms with Crippen LogP contribution in [0.1, 0.15) is 5.56 Å². The molecule has 0 unspecified atom stereocenters. The van der Waals surface area contributed by atoms with Crippen LogP contribution in [0.2, 0.25) is 0 Å². The van der Waals surface area contributed by atoms with Gasteiger partial charge in [-0.1, -0.05) is 12.1 Å². The van der Waals surface area contributed by atoms with Crippen LogP contribution in [-0.2, 0) is 0 Å². The summed E-state index contributed by atoms with van der Waals surface area (Å²) in [6.45, 7) is 1.56. The summed E-state index contributed by atoms with van der Waals surface area (Å²) in [5.41, 5.74) is 7.84. The highest BCUT2D eigenvalue weighted by atomic mass is 19.3. The van der Waals surface area contributed by atoms with Crippen LogP contribution in [-0.4, -0.2) is 20.0 Å². The largest absolute Gasteiger partial charge is 0.397 e. The lowest BCUT2D eigenvalue weighted by Gasteiger charge is -2.22. The van der Waals surface area contributed by atoms with Gasteiger partial charge in [-0.3, -0.25) is 0 Å². The van der Waals surface area contributed by atoms with Crippen LogP contribution in [0.4, 0.5) is 20.2 Å². The number of para-hydroxylation sites is 1. The lowest BCUT2D eigenvalue weighted by molar-refractivity contribution is 0.156. The van der Waals surface area contributed by atoms with Crippen molar-refractivity contribution in [2.75, 3.05) is 24.2 Å². The van der Waals surface area contributed by atoms with E-state index in [2.05, 4.69) is 0 Å². The first-order valence-electron chi connectivity index (χ1n) is 4.36. The molecule has 0 fully saturated rings. The Morgan fingerprint density at radius 1 is 1.43 bits per heavy atom. The number of halogens is 2. The highest BCUT2D eigenvalue weighted by Gasteiger charge is 2.12. The van der Waals surface area contributed by atoms with Gasteiger partial charge >= 0.3 is 0 Å². The zero-order chi connectivity index (χ0) is 10.7. The zero-order valence-corrected chi connectivity index (χ0v) is 8.30. The number of nitrogen functional groups attached to an aromatic ring is 1. The molecule has 1 aromatic carbocycles. The molecule has 0 saturated carbocycles. The summed E-state index contributed by atoms with van der Waals surface area (Å²) in [6, 6.07) is 5.38. The van der Waals surface area contributed by atoms with E-state index in [1.807, 2.05) is 19.1 Å². The van der Waals surface area contributed by atoms with Crippen molar-refractivity contribution >= 4 is 11.4 Å². The van der Waals surface area contributed by atoms with E-state index in [1.54, 1.807) is 13.1 Å². The molecule has 0 aliphatic carbocycles. The van der Waals surface area contributed by atoms with Gasteiger partial charge in [0.2, 0.25) is 0 Å². The average Bonchev–Trinajstić information content (AvgIpc) is 2.01. The summed E-state index contributed by atoms with van der Waals surface area (Å²) in [5, 5.41) is 0. The number of alkyl halides is 2. The maximum atomic E-state index is 12.2. The van der Waals surface area contributed by atoms with Crippen LogP contribution >= 0.6 is 0 Å². The molecule has 0 aromatic heterocycles. The molecule has 0 spiro atoms. The minimum Gasteiger partial charge on any atom is -0.397 e. The standard InChI is InChI=1S/C10H14F2N2/c1-7-4-3-5-8(13)10(7)14(2)6-9(11)12/h3-5,9H,6,13H2,1-2H3. The fraction of sp³-hybridized carbons (Fsp3) is 0.400. The Balaban J connectivity index is 2.94. The van der Waals surface area contributed by atoms with Crippen LogP contribution in [0, 0.1) is 6.92 Å². The number of nitrogens with zero attached hydrogens (tertiary/aromatic N) is 1. The molecule has 14 heavy (non-hydrogen) atoms. The first-order chi connectivity index (χ1) is 6.52. The molecule has 1 aromatic rings. The fourth-order valence-electron chi connectivity index (χ4n) is 1.50. The van der Waals surface area contributed by atoms with Gasteiger partial charge in [0.15, 0.2) is 0 Å². The minimum atomic E-state index is -2.35. The number of rotatable bonds is 3. The van der Waals surface area contributed by atoms with E-state index in [-0.39, 0.29) is 6.54 Å². The van der Waals surface area contributed by atoms with Crippen molar-refractivity contribution in [2.24, 2.45) is 0 Å². The minimum absolute atomic E-state index is 0.297. The molecule has 0 saturated heterocycles. The predicted molar refractivity (Wildman–Crippen MR) is 54.9 cm³/mol. The van der Waals surface area contributed by atoms with Gasteiger partial charge in [-0.05, 0) is 18.6 Å². The lowest BCUT2D eigenvalue weighted by atomic mass is 10.1. The first kappa shape index (κ1) is 10.8. The Kier molecular flexibility index (Phi) is 3.28. The topological polar surface area (TPSA) is 29.3 Å². The molecule has 2 N–H and O–H groups in total. The zero-order valence-electron chi connectivity index (χ0n) is 8.30. The normalized spacial score (nSPS) is 10.6. The predicted octanol–water partition coefficient (Wildman–Crippen LogP) is 2.28. The third-order valence-corrected chi connectivity index (χ3v) is 2.06. The monoisotopic (exact) mass is 200 g/mol. The van der Waals surface area contributed by atoms with Crippen molar-refractivity contribution in [3.63, 3.8) is 0 Å². The van der Waals surface area contributed by atoms with Crippen molar-refractivity contribution in [1.29, 1.82) is 0 Å². The molecule has 0 amide bonds. The van der Waals surface area contributed by atoms with Gasteiger partial charge in [-0.25, -0.2) is 8.78 Å². The van der Waals surface area contributed by atoms with Crippen molar-refractivity contribution in [3.05, 3.63) is 23.8 Å². The summed E-state index contributed by atoms with van der Waals surface area (Å²) in [5.74, 6) is 0. The van der Waals surface area contributed by atoms with Gasteiger partial charge in [0.05, 0.1) is 17.9 Å². The van der Waals surface area contributed by atoms with Crippen LogP contribution < -0.4 is 10.6 Å². The quantitative estimate of drug-likeness (QED) is 0.758. The molecule has 0 aliphatic rings. The van der Waals surface area contributed by atoms with Gasteiger partial charge < -0.3 is 10.6 Å². The Hall–Kier alpha value is -1.32. The van der Waals surface area contributed by atoms with E-state index >= 15 is 0 Å². The van der Waals surface area contributed by atoms with Crippen LogP contribution in [0.25, 0.3) is 0 Å². The van der Waals surface area contributed by atoms with Crippen molar-refractivity contribution in [3.8, 4) is 0 Å². The van der Waals surface area contributed by atoms with E-state index < -0.39 is 6.43 Å². The van der Waals surface area contributed by atoms with Crippen LogP contribution in [0.15, 0.2) is 18.2 Å². The Morgan fingerprint density at radius 2 is 2.07 bits per heavy atom. The average molecular weight is 200 g/mol.